The maximum Gasteiger partial charge on any atom is 0.247 e. The van der Waals surface area contributed by atoms with Crippen LogP contribution < -0.4 is 5.32 Å². The quantitative estimate of drug-likeness (QED) is 0.740. The molecule has 0 unspecified atom stereocenters. The number of hydrogen-bond donors (Lipinski definition) is 1. The fourth-order valence-corrected chi connectivity index (χ4v) is 2.09. The number of anilines is 1. The molecule has 1 N–H and O–H groups in total. The molecule has 3 aromatic rings. The smallest absolute Gasteiger partial charge is 0.247 e. The molecule has 1 aromatic heterocycles. The number of benzene rings is 2. The van der Waals surface area contributed by atoms with Crippen molar-refractivity contribution in [1.29, 1.82) is 5.26 Å². The van der Waals surface area contributed by atoms with Gasteiger partial charge in [0, 0.05) is 17.8 Å². The predicted molar refractivity (Wildman–Crippen MR) is 94.7 cm³/mol. The van der Waals surface area contributed by atoms with E-state index in [0.29, 0.717) is 16.5 Å². The summed E-state index contributed by atoms with van der Waals surface area (Å²) < 4.78 is 5.00. The van der Waals surface area contributed by atoms with Gasteiger partial charge in [-0.25, -0.2) is 0 Å². The van der Waals surface area contributed by atoms with Crippen molar-refractivity contribution in [3.05, 3.63) is 65.5 Å². The molecule has 122 valence electrons. The average molecular weight is 341 g/mol. The summed E-state index contributed by atoms with van der Waals surface area (Å²) in [5, 5.41) is 19.7. The fourth-order valence-electron chi connectivity index (χ4n) is 1.86. The summed E-state index contributed by atoms with van der Waals surface area (Å²) in [6.07, 6.45) is 2.39. The summed E-state index contributed by atoms with van der Waals surface area (Å²) in [7, 11) is 0. The lowest BCUT2D eigenvalue weighted by atomic mass is 10.2. The predicted octanol–water partition coefficient (Wildman–Crippen LogP) is 4.77. The molecule has 0 atom stereocenters. The SMILES string of the molecule is CCCNc1ccc(C#N)c(Cl)c1.c1ccc(-c2nnco2)cc1. The highest BCUT2D eigenvalue weighted by Gasteiger charge is 2.00. The van der Waals surface area contributed by atoms with Gasteiger partial charge in [0.15, 0.2) is 0 Å². The Balaban J connectivity index is 0.000000175. The Labute approximate surface area is 145 Å². The van der Waals surface area contributed by atoms with Gasteiger partial charge in [0.05, 0.1) is 10.6 Å². The third-order valence-corrected chi connectivity index (χ3v) is 3.36. The summed E-state index contributed by atoms with van der Waals surface area (Å²) in [5.74, 6) is 0.561. The molecule has 6 heteroatoms. The van der Waals surface area contributed by atoms with E-state index >= 15 is 0 Å². The van der Waals surface area contributed by atoms with Gasteiger partial charge < -0.3 is 9.73 Å². The maximum absolute atomic E-state index is 8.63. The summed E-state index contributed by atoms with van der Waals surface area (Å²) in [4.78, 5) is 0. The number of nitrogens with zero attached hydrogens (tertiary/aromatic N) is 3. The third-order valence-electron chi connectivity index (χ3n) is 3.05. The van der Waals surface area contributed by atoms with E-state index in [-0.39, 0.29) is 0 Å². The van der Waals surface area contributed by atoms with Crippen LogP contribution in [0.25, 0.3) is 11.5 Å². The average Bonchev–Trinajstić information content (AvgIpc) is 3.16. The van der Waals surface area contributed by atoms with Crippen LogP contribution in [-0.2, 0) is 0 Å². The zero-order chi connectivity index (χ0) is 17.2. The van der Waals surface area contributed by atoms with Gasteiger partial charge in [0.25, 0.3) is 0 Å². The molecule has 0 spiro atoms. The molecular formula is C18H17ClN4O. The van der Waals surface area contributed by atoms with Crippen molar-refractivity contribution in [1.82, 2.24) is 10.2 Å². The molecule has 3 rings (SSSR count). The number of nitrogens with one attached hydrogen (secondary N) is 1. The lowest BCUT2D eigenvalue weighted by Crippen LogP contribution is -1.99. The maximum atomic E-state index is 8.63. The van der Waals surface area contributed by atoms with Crippen molar-refractivity contribution in [3.8, 4) is 17.5 Å². The summed E-state index contributed by atoms with van der Waals surface area (Å²) >= 11 is 5.85. The lowest BCUT2D eigenvalue weighted by Gasteiger charge is -2.04. The monoisotopic (exact) mass is 340 g/mol. The van der Waals surface area contributed by atoms with Gasteiger partial charge >= 0.3 is 0 Å². The summed E-state index contributed by atoms with van der Waals surface area (Å²) in [6, 6.07) is 17.0. The zero-order valence-corrected chi connectivity index (χ0v) is 14.0. The molecule has 5 nitrogen and oxygen atoms in total. The summed E-state index contributed by atoms with van der Waals surface area (Å²) in [6.45, 7) is 3.01. The molecule has 0 aliphatic heterocycles. The van der Waals surface area contributed by atoms with E-state index in [2.05, 4.69) is 22.4 Å². The second kappa shape index (κ2) is 9.33. The standard InChI is InChI=1S/C10H11ClN2.C8H6N2O/c1-2-5-13-9-4-3-8(7-12)10(11)6-9;1-2-4-7(5-3-1)8-10-9-6-11-8/h3-4,6,13H,2,5H2,1H3;1-6H. The molecular weight excluding hydrogens is 324 g/mol. The van der Waals surface area contributed by atoms with Gasteiger partial charge in [-0.3, -0.25) is 0 Å². The van der Waals surface area contributed by atoms with Crippen LogP contribution in [-0.4, -0.2) is 16.7 Å². The number of hydrogen-bond acceptors (Lipinski definition) is 5. The second-order valence-corrected chi connectivity index (χ2v) is 5.25. The largest absolute Gasteiger partial charge is 0.423 e. The zero-order valence-electron chi connectivity index (χ0n) is 13.2. The second-order valence-electron chi connectivity index (χ2n) is 4.84. The van der Waals surface area contributed by atoms with Crippen LogP contribution in [0.15, 0.2) is 59.3 Å². The first-order valence-electron chi connectivity index (χ1n) is 7.49. The van der Waals surface area contributed by atoms with Crippen LogP contribution in [0.3, 0.4) is 0 Å². The minimum Gasteiger partial charge on any atom is -0.423 e. The first kappa shape index (κ1) is 17.5. The molecule has 0 aliphatic rings. The Morgan fingerprint density at radius 2 is 2.00 bits per heavy atom. The minimum atomic E-state index is 0.503. The molecule has 0 saturated heterocycles. The molecule has 0 aliphatic carbocycles. The van der Waals surface area contributed by atoms with Crippen molar-refractivity contribution in [2.75, 3.05) is 11.9 Å². The molecule has 0 amide bonds. The van der Waals surface area contributed by atoms with E-state index in [1.165, 1.54) is 6.39 Å². The highest BCUT2D eigenvalue weighted by Crippen LogP contribution is 2.20. The molecule has 1 heterocycles. The first-order valence-corrected chi connectivity index (χ1v) is 7.87. The van der Waals surface area contributed by atoms with Crippen molar-refractivity contribution in [2.45, 2.75) is 13.3 Å². The number of halogens is 1. The van der Waals surface area contributed by atoms with E-state index in [4.69, 9.17) is 21.3 Å². The van der Waals surface area contributed by atoms with Crippen LogP contribution in [0.5, 0.6) is 0 Å². The van der Waals surface area contributed by atoms with Crippen LogP contribution in [0.2, 0.25) is 5.02 Å². The highest BCUT2D eigenvalue weighted by atomic mass is 35.5. The Morgan fingerprint density at radius 1 is 1.21 bits per heavy atom. The van der Waals surface area contributed by atoms with E-state index < -0.39 is 0 Å². The van der Waals surface area contributed by atoms with Crippen LogP contribution in [0.4, 0.5) is 5.69 Å². The summed E-state index contributed by atoms with van der Waals surface area (Å²) in [5.41, 5.74) is 2.43. The fraction of sp³-hybridized carbons (Fsp3) is 0.167. The molecule has 0 bridgehead atoms. The third kappa shape index (κ3) is 5.11. The van der Waals surface area contributed by atoms with Crippen LogP contribution in [0, 0.1) is 11.3 Å². The Morgan fingerprint density at radius 3 is 2.58 bits per heavy atom. The van der Waals surface area contributed by atoms with Gasteiger partial charge in [-0.05, 0) is 36.8 Å². The van der Waals surface area contributed by atoms with Gasteiger partial charge in [-0.1, -0.05) is 36.7 Å². The van der Waals surface area contributed by atoms with Gasteiger partial charge in [-0.2, -0.15) is 5.26 Å². The lowest BCUT2D eigenvalue weighted by molar-refractivity contribution is 0.568. The number of aromatic nitrogens is 2. The van der Waals surface area contributed by atoms with Gasteiger partial charge in [0.1, 0.15) is 6.07 Å². The topological polar surface area (TPSA) is 74.7 Å². The van der Waals surface area contributed by atoms with Crippen LogP contribution >= 0.6 is 11.6 Å². The normalized spacial score (nSPS) is 9.54. The Kier molecular flexibility index (Phi) is 6.81. The Hall–Kier alpha value is -2.84. The van der Waals surface area contributed by atoms with Crippen molar-refractivity contribution in [2.24, 2.45) is 0 Å². The Bertz CT molecular complexity index is 783. The van der Waals surface area contributed by atoms with E-state index in [1.807, 2.05) is 42.5 Å². The number of rotatable bonds is 4. The highest BCUT2D eigenvalue weighted by molar-refractivity contribution is 6.32. The van der Waals surface area contributed by atoms with Crippen molar-refractivity contribution in [3.63, 3.8) is 0 Å². The molecule has 2 aromatic carbocycles. The number of nitriles is 1. The van der Waals surface area contributed by atoms with E-state index in [9.17, 15) is 0 Å². The van der Waals surface area contributed by atoms with Crippen molar-refractivity contribution >= 4 is 17.3 Å². The van der Waals surface area contributed by atoms with E-state index in [0.717, 1.165) is 24.2 Å². The van der Waals surface area contributed by atoms with Gasteiger partial charge in [0.2, 0.25) is 12.3 Å². The molecule has 24 heavy (non-hydrogen) atoms. The first-order chi connectivity index (χ1) is 11.7. The van der Waals surface area contributed by atoms with Gasteiger partial charge in [-0.15, -0.1) is 10.2 Å². The minimum absolute atomic E-state index is 0.503. The van der Waals surface area contributed by atoms with Crippen LogP contribution in [0.1, 0.15) is 18.9 Å². The van der Waals surface area contributed by atoms with E-state index in [1.54, 1.807) is 12.1 Å². The molecule has 0 fully saturated rings. The van der Waals surface area contributed by atoms with Crippen molar-refractivity contribution < 1.29 is 4.42 Å². The molecule has 0 radical (unpaired) electrons. The molecule has 0 saturated carbocycles.